The van der Waals surface area contributed by atoms with Crippen LogP contribution in [0.25, 0.3) is 0 Å². The Kier molecular flexibility index (Phi) is 6.09. The quantitative estimate of drug-likeness (QED) is 0.657. The summed E-state index contributed by atoms with van der Waals surface area (Å²) in [6.45, 7) is 4.19. The number of nitrogens with one attached hydrogen (secondary N) is 1. The van der Waals surface area contributed by atoms with Gasteiger partial charge in [-0.25, -0.2) is 4.79 Å². The van der Waals surface area contributed by atoms with Gasteiger partial charge in [0.2, 0.25) is 0 Å². The number of hydrogen-bond acceptors (Lipinski definition) is 3. The zero-order valence-corrected chi connectivity index (χ0v) is 18.6. The third-order valence-electron chi connectivity index (χ3n) is 6.46. The van der Waals surface area contributed by atoms with Crippen molar-refractivity contribution in [3.63, 3.8) is 0 Å². The van der Waals surface area contributed by atoms with Crippen molar-refractivity contribution >= 4 is 17.6 Å². The van der Waals surface area contributed by atoms with Gasteiger partial charge in [-0.3, -0.25) is 14.6 Å². The van der Waals surface area contributed by atoms with E-state index in [2.05, 4.69) is 58.7 Å². The summed E-state index contributed by atoms with van der Waals surface area (Å²) < 4.78 is 0. The molecule has 3 aromatic carbocycles. The minimum Gasteiger partial charge on any atom is -0.336 e. The predicted octanol–water partition coefficient (Wildman–Crippen LogP) is 3.76. The first-order valence-electron chi connectivity index (χ1n) is 11.5. The fourth-order valence-electron chi connectivity index (χ4n) is 4.78. The molecule has 0 aliphatic carbocycles. The SMILES string of the molecule is O=C(c1cccc(N2CCNC2=O)c1)N1CCN(C(c2ccccc2)c2ccccc2)CC1. The molecular formula is C27H28N4O2. The first kappa shape index (κ1) is 21.2. The number of amides is 3. The van der Waals surface area contributed by atoms with Gasteiger partial charge in [-0.2, -0.15) is 0 Å². The molecule has 0 bridgehead atoms. The lowest BCUT2D eigenvalue weighted by atomic mass is 9.96. The highest BCUT2D eigenvalue weighted by Crippen LogP contribution is 2.30. The molecule has 0 radical (unpaired) electrons. The Labute approximate surface area is 194 Å². The lowest BCUT2D eigenvalue weighted by molar-refractivity contribution is 0.0597. The van der Waals surface area contributed by atoms with Gasteiger partial charge in [0.25, 0.3) is 5.91 Å². The van der Waals surface area contributed by atoms with Crippen molar-refractivity contribution in [3.05, 3.63) is 102 Å². The van der Waals surface area contributed by atoms with E-state index in [1.165, 1.54) is 11.1 Å². The highest BCUT2D eigenvalue weighted by molar-refractivity contribution is 5.98. The minimum absolute atomic E-state index is 0.0204. The van der Waals surface area contributed by atoms with Crippen LogP contribution in [0, 0.1) is 0 Å². The lowest BCUT2D eigenvalue weighted by Gasteiger charge is -2.40. The van der Waals surface area contributed by atoms with Crippen LogP contribution in [0.15, 0.2) is 84.9 Å². The third-order valence-corrected chi connectivity index (χ3v) is 6.46. The Bertz CT molecular complexity index is 1070. The number of hydrogen-bond donors (Lipinski definition) is 1. The van der Waals surface area contributed by atoms with Crippen LogP contribution < -0.4 is 10.2 Å². The van der Waals surface area contributed by atoms with E-state index in [1.807, 2.05) is 41.3 Å². The van der Waals surface area contributed by atoms with E-state index in [1.54, 1.807) is 4.90 Å². The fourth-order valence-corrected chi connectivity index (χ4v) is 4.78. The van der Waals surface area contributed by atoms with E-state index < -0.39 is 0 Å². The zero-order valence-electron chi connectivity index (χ0n) is 18.6. The molecule has 0 spiro atoms. The van der Waals surface area contributed by atoms with Crippen molar-refractivity contribution in [3.8, 4) is 0 Å². The largest absolute Gasteiger partial charge is 0.336 e. The Morgan fingerprint density at radius 3 is 1.97 bits per heavy atom. The van der Waals surface area contributed by atoms with E-state index in [0.29, 0.717) is 31.7 Å². The third kappa shape index (κ3) is 4.47. The van der Waals surface area contributed by atoms with Crippen LogP contribution in [-0.2, 0) is 0 Å². The predicted molar refractivity (Wildman–Crippen MR) is 129 cm³/mol. The van der Waals surface area contributed by atoms with Crippen LogP contribution >= 0.6 is 0 Å². The Morgan fingerprint density at radius 1 is 0.758 bits per heavy atom. The Morgan fingerprint density at radius 2 is 1.39 bits per heavy atom. The summed E-state index contributed by atoms with van der Waals surface area (Å²) in [5.41, 5.74) is 3.92. The van der Waals surface area contributed by atoms with Crippen molar-refractivity contribution in [2.45, 2.75) is 6.04 Å². The topological polar surface area (TPSA) is 55.9 Å². The molecule has 2 aliphatic rings. The lowest BCUT2D eigenvalue weighted by Crippen LogP contribution is -2.49. The smallest absolute Gasteiger partial charge is 0.321 e. The maximum atomic E-state index is 13.3. The average Bonchev–Trinajstić information content (AvgIpc) is 3.31. The summed E-state index contributed by atoms with van der Waals surface area (Å²) in [6.07, 6.45) is 0. The summed E-state index contributed by atoms with van der Waals surface area (Å²) in [6, 6.07) is 28.6. The monoisotopic (exact) mass is 440 g/mol. The van der Waals surface area contributed by atoms with E-state index in [9.17, 15) is 9.59 Å². The summed E-state index contributed by atoms with van der Waals surface area (Å²) in [7, 11) is 0. The summed E-state index contributed by atoms with van der Waals surface area (Å²) in [4.78, 5) is 31.3. The molecule has 1 N–H and O–H groups in total. The summed E-state index contributed by atoms with van der Waals surface area (Å²) in [5.74, 6) is 0.0204. The second kappa shape index (κ2) is 9.46. The molecule has 2 aliphatic heterocycles. The summed E-state index contributed by atoms with van der Waals surface area (Å²) in [5, 5.41) is 2.81. The van der Waals surface area contributed by atoms with E-state index in [0.717, 1.165) is 18.8 Å². The van der Waals surface area contributed by atoms with Gasteiger partial charge < -0.3 is 10.2 Å². The van der Waals surface area contributed by atoms with Gasteiger partial charge in [0.15, 0.2) is 0 Å². The molecule has 33 heavy (non-hydrogen) atoms. The maximum Gasteiger partial charge on any atom is 0.321 e. The Balaban J connectivity index is 1.30. The average molecular weight is 441 g/mol. The van der Waals surface area contributed by atoms with Crippen molar-refractivity contribution in [1.29, 1.82) is 0 Å². The molecule has 6 nitrogen and oxygen atoms in total. The number of urea groups is 1. The number of carbonyl (C=O) groups is 2. The number of nitrogens with zero attached hydrogens (tertiary/aromatic N) is 3. The first-order chi connectivity index (χ1) is 16.2. The molecule has 3 amide bonds. The number of piperazine rings is 1. The molecule has 2 saturated heterocycles. The molecule has 2 fully saturated rings. The van der Waals surface area contributed by atoms with Crippen LogP contribution in [0.3, 0.4) is 0 Å². The molecule has 0 unspecified atom stereocenters. The van der Waals surface area contributed by atoms with Crippen LogP contribution in [0.1, 0.15) is 27.5 Å². The van der Waals surface area contributed by atoms with Gasteiger partial charge in [0.05, 0.1) is 6.04 Å². The van der Waals surface area contributed by atoms with E-state index >= 15 is 0 Å². The molecule has 6 heteroatoms. The van der Waals surface area contributed by atoms with Crippen molar-refractivity contribution in [1.82, 2.24) is 15.1 Å². The highest BCUT2D eigenvalue weighted by Gasteiger charge is 2.29. The van der Waals surface area contributed by atoms with Crippen LogP contribution in [0.2, 0.25) is 0 Å². The van der Waals surface area contributed by atoms with E-state index in [-0.39, 0.29) is 18.0 Å². The molecule has 3 aromatic rings. The van der Waals surface area contributed by atoms with Crippen molar-refractivity contribution < 1.29 is 9.59 Å². The normalized spacial score (nSPS) is 16.8. The molecule has 5 rings (SSSR count). The highest BCUT2D eigenvalue weighted by atomic mass is 16.2. The van der Waals surface area contributed by atoms with Gasteiger partial charge in [-0.1, -0.05) is 66.7 Å². The molecule has 168 valence electrons. The van der Waals surface area contributed by atoms with Crippen LogP contribution in [-0.4, -0.2) is 61.0 Å². The molecule has 0 saturated carbocycles. The second-order valence-electron chi connectivity index (χ2n) is 8.49. The van der Waals surface area contributed by atoms with Gasteiger partial charge in [-0.05, 0) is 29.3 Å². The maximum absolute atomic E-state index is 13.3. The second-order valence-corrected chi connectivity index (χ2v) is 8.49. The van der Waals surface area contributed by atoms with E-state index in [4.69, 9.17) is 0 Å². The van der Waals surface area contributed by atoms with Crippen LogP contribution in [0.4, 0.5) is 10.5 Å². The van der Waals surface area contributed by atoms with Gasteiger partial charge >= 0.3 is 6.03 Å². The van der Waals surface area contributed by atoms with Gasteiger partial charge in [0.1, 0.15) is 0 Å². The molecular weight excluding hydrogens is 412 g/mol. The van der Waals surface area contributed by atoms with Gasteiger partial charge in [0, 0.05) is 50.5 Å². The fraction of sp³-hybridized carbons (Fsp3) is 0.259. The standard InChI is InChI=1S/C27H28N4O2/c32-26(23-12-7-13-24(20-23)31-15-14-28-27(31)33)30-18-16-29(17-19-30)25(21-8-3-1-4-9-21)22-10-5-2-6-11-22/h1-13,20,25H,14-19H2,(H,28,33). The first-order valence-corrected chi connectivity index (χ1v) is 11.5. The molecule has 0 aromatic heterocycles. The zero-order chi connectivity index (χ0) is 22.6. The number of rotatable bonds is 5. The molecule has 2 heterocycles. The summed E-state index contributed by atoms with van der Waals surface area (Å²) >= 11 is 0. The Hall–Kier alpha value is -3.64. The number of anilines is 1. The van der Waals surface area contributed by atoms with Gasteiger partial charge in [-0.15, -0.1) is 0 Å². The van der Waals surface area contributed by atoms with Crippen molar-refractivity contribution in [2.24, 2.45) is 0 Å². The number of benzene rings is 3. The minimum atomic E-state index is -0.110. The van der Waals surface area contributed by atoms with Crippen molar-refractivity contribution in [2.75, 3.05) is 44.2 Å². The molecule has 0 atom stereocenters. The number of carbonyl (C=O) groups excluding carboxylic acids is 2. The van der Waals surface area contributed by atoms with Crippen LogP contribution in [0.5, 0.6) is 0 Å².